The van der Waals surface area contributed by atoms with Gasteiger partial charge in [-0.1, -0.05) is 48.9 Å². The minimum atomic E-state index is -0.131. The normalized spacial score (nSPS) is 20.7. The maximum Gasteiger partial charge on any atom is 0.294 e. The van der Waals surface area contributed by atoms with Crippen LogP contribution in [0.5, 0.6) is 0 Å². The van der Waals surface area contributed by atoms with E-state index in [1.54, 1.807) is 0 Å². The second-order valence-electron chi connectivity index (χ2n) is 10.3. The number of nitrogens with zero attached hydrogens (tertiary/aromatic N) is 4. The zero-order chi connectivity index (χ0) is 25.1. The highest BCUT2D eigenvalue weighted by Crippen LogP contribution is 2.23. The van der Waals surface area contributed by atoms with Crippen molar-refractivity contribution in [2.45, 2.75) is 52.1 Å². The number of fused-ring (bicyclic) bond motifs is 1. The summed E-state index contributed by atoms with van der Waals surface area (Å²) in [6, 6.07) is 16.5. The van der Waals surface area contributed by atoms with E-state index in [0.717, 1.165) is 55.5 Å². The molecule has 190 valence electrons. The number of piperidine rings is 1. The van der Waals surface area contributed by atoms with E-state index in [4.69, 9.17) is 4.98 Å². The number of likely N-dealkylation sites (N-methyl/N-ethyl adjacent to an activating group) is 1. The van der Waals surface area contributed by atoms with Gasteiger partial charge in [0.1, 0.15) is 0 Å². The van der Waals surface area contributed by atoms with Crippen LogP contribution in [-0.2, 0) is 11.3 Å². The predicted octanol–water partition coefficient (Wildman–Crippen LogP) is 3.57. The number of para-hydroxylation sites is 2. The molecule has 0 aliphatic carbocycles. The minimum Gasteiger partial charge on any atom is -0.354 e. The van der Waals surface area contributed by atoms with E-state index in [1.165, 1.54) is 12.0 Å². The van der Waals surface area contributed by atoms with Crippen LogP contribution in [0.3, 0.4) is 0 Å². The Hall–Kier alpha value is -3.19. The lowest BCUT2D eigenvalue weighted by Gasteiger charge is -2.33. The topological polar surface area (TPSA) is 70.5 Å². The Balaban J connectivity index is 1.36. The van der Waals surface area contributed by atoms with Gasteiger partial charge in [-0.05, 0) is 63.4 Å². The maximum absolute atomic E-state index is 13.8. The number of anilines is 1. The molecule has 0 bridgehead atoms. The minimum absolute atomic E-state index is 0.0973. The number of benzene rings is 2. The number of carbonyl (C=O) groups excluding carboxylic acids is 1. The fourth-order valence-electron chi connectivity index (χ4n) is 5.71. The summed E-state index contributed by atoms with van der Waals surface area (Å²) in [5.41, 5.74) is 3.80. The number of aryl methyl sites for hydroxylation is 1. The van der Waals surface area contributed by atoms with E-state index in [0.29, 0.717) is 31.5 Å². The standard InChI is InChI=1S/C29H37N5O2/c1-3-32-16-7-9-24(32)18-30-28(35)23-8-6-17-33(20-23)27-29(36)34(19-22-14-12-21(2)13-15-22)26-11-5-4-10-25(26)31-27/h4-5,10-15,23-24H,3,6-9,16-20H2,1-2H3,(H,30,35). The molecule has 7 heteroatoms. The van der Waals surface area contributed by atoms with Gasteiger partial charge in [0.15, 0.2) is 5.82 Å². The van der Waals surface area contributed by atoms with Crippen molar-refractivity contribution in [3.8, 4) is 0 Å². The zero-order valence-electron chi connectivity index (χ0n) is 21.4. The first-order valence-electron chi connectivity index (χ1n) is 13.4. The Labute approximate surface area is 213 Å². The van der Waals surface area contributed by atoms with Gasteiger partial charge in [0, 0.05) is 25.7 Å². The van der Waals surface area contributed by atoms with E-state index >= 15 is 0 Å². The average molecular weight is 488 g/mol. The molecular formula is C29H37N5O2. The van der Waals surface area contributed by atoms with Crippen LogP contribution in [0.1, 0.15) is 43.7 Å². The molecule has 2 unspecified atom stereocenters. The largest absolute Gasteiger partial charge is 0.354 e. The van der Waals surface area contributed by atoms with Crippen molar-refractivity contribution in [3.63, 3.8) is 0 Å². The van der Waals surface area contributed by atoms with Gasteiger partial charge in [-0.25, -0.2) is 4.98 Å². The molecule has 2 aliphatic rings. The molecule has 1 N–H and O–H groups in total. The van der Waals surface area contributed by atoms with Crippen LogP contribution >= 0.6 is 0 Å². The van der Waals surface area contributed by atoms with Gasteiger partial charge >= 0.3 is 0 Å². The van der Waals surface area contributed by atoms with Crippen molar-refractivity contribution < 1.29 is 4.79 Å². The van der Waals surface area contributed by atoms with E-state index < -0.39 is 0 Å². The Morgan fingerprint density at radius 1 is 1.06 bits per heavy atom. The summed E-state index contributed by atoms with van der Waals surface area (Å²) in [6.45, 7) is 8.86. The molecule has 2 atom stereocenters. The quantitative estimate of drug-likeness (QED) is 0.552. The molecule has 2 saturated heterocycles. The number of hydrogen-bond donors (Lipinski definition) is 1. The SMILES string of the molecule is CCN1CCCC1CNC(=O)C1CCCN(c2nc3ccccc3n(Cc3ccc(C)cc3)c2=O)C1. The molecule has 2 fully saturated rings. The fourth-order valence-corrected chi connectivity index (χ4v) is 5.71. The summed E-state index contributed by atoms with van der Waals surface area (Å²) in [5.74, 6) is 0.420. The Bertz CT molecular complexity index is 1270. The van der Waals surface area contributed by atoms with Crippen LogP contribution in [0.15, 0.2) is 53.3 Å². The lowest BCUT2D eigenvalue weighted by molar-refractivity contribution is -0.125. The van der Waals surface area contributed by atoms with E-state index in [1.807, 2.05) is 33.7 Å². The zero-order valence-corrected chi connectivity index (χ0v) is 21.4. The third kappa shape index (κ3) is 5.16. The Kier molecular flexibility index (Phi) is 7.37. The molecule has 3 aromatic rings. The molecule has 7 nitrogen and oxygen atoms in total. The van der Waals surface area contributed by atoms with Gasteiger partial charge in [-0.2, -0.15) is 0 Å². The molecule has 1 amide bonds. The first kappa shape index (κ1) is 24.5. The summed E-state index contributed by atoms with van der Waals surface area (Å²) >= 11 is 0. The number of aromatic nitrogens is 2. The number of carbonyl (C=O) groups is 1. The van der Waals surface area contributed by atoms with Crippen molar-refractivity contribution in [1.82, 2.24) is 19.8 Å². The maximum atomic E-state index is 13.8. The van der Waals surface area contributed by atoms with Crippen LogP contribution in [-0.4, -0.2) is 59.1 Å². The first-order valence-corrected chi connectivity index (χ1v) is 13.4. The van der Waals surface area contributed by atoms with Crippen LogP contribution < -0.4 is 15.8 Å². The number of hydrogen-bond acceptors (Lipinski definition) is 5. The van der Waals surface area contributed by atoms with Gasteiger partial charge in [-0.3, -0.25) is 19.1 Å². The van der Waals surface area contributed by atoms with Crippen LogP contribution in [0.2, 0.25) is 0 Å². The summed E-state index contributed by atoms with van der Waals surface area (Å²) in [4.78, 5) is 36.1. The second-order valence-corrected chi connectivity index (χ2v) is 10.3. The molecule has 36 heavy (non-hydrogen) atoms. The summed E-state index contributed by atoms with van der Waals surface area (Å²) in [6.07, 6.45) is 4.06. The highest BCUT2D eigenvalue weighted by Gasteiger charge is 2.30. The van der Waals surface area contributed by atoms with E-state index in [2.05, 4.69) is 48.3 Å². The molecule has 2 aliphatic heterocycles. The Morgan fingerprint density at radius 3 is 2.64 bits per heavy atom. The molecule has 1 aromatic heterocycles. The Morgan fingerprint density at radius 2 is 1.83 bits per heavy atom. The van der Waals surface area contributed by atoms with Crippen molar-refractivity contribution in [2.24, 2.45) is 5.92 Å². The first-order chi connectivity index (χ1) is 17.5. The highest BCUT2D eigenvalue weighted by molar-refractivity contribution is 5.80. The lowest BCUT2D eigenvalue weighted by Crippen LogP contribution is -2.48. The van der Waals surface area contributed by atoms with Gasteiger partial charge in [-0.15, -0.1) is 0 Å². The van der Waals surface area contributed by atoms with Gasteiger partial charge < -0.3 is 10.2 Å². The fraction of sp³-hybridized carbons (Fsp3) is 0.483. The number of nitrogens with one attached hydrogen (secondary N) is 1. The number of likely N-dealkylation sites (tertiary alicyclic amines) is 1. The average Bonchev–Trinajstić information content (AvgIpc) is 3.37. The summed E-state index contributed by atoms with van der Waals surface area (Å²) in [7, 11) is 0. The summed E-state index contributed by atoms with van der Waals surface area (Å²) in [5, 5.41) is 3.21. The highest BCUT2D eigenvalue weighted by atomic mass is 16.2. The van der Waals surface area contributed by atoms with Crippen molar-refractivity contribution in [2.75, 3.05) is 37.6 Å². The molecule has 0 radical (unpaired) electrons. The van der Waals surface area contributed by atoms with Crippen molar-refractivity contribution in [3.05, 3.63) is 70.0 Å². The van der Waals surface area contributed by atoms with Crippen molar-refractivity contribution >= 4 is 22.8 Å². The van der Waals surface area contributed by atoms with Crippen LogP contribution in [0, 0.1) is 12.8 Å². The number of amides is 1. The second kappa shape index (κ2) is 10.8. The summed E-state index contributed by atoms with van der Waals surface area (Å²) < 4.78 is 1.82. The van der Waals surface area contributed by atoms with Crippen LogP contribution in [0.4, 0.5) is 5.82 Å². The van der Waals surface area contributed by atoms with E-state index in [9.17, 15) is 9.59 Å². The lowest BCUT2D eigenvalue weighted by atomic mass is 9.97. The van der Waals surface area contributed by atoms with Crippen LogP contribution in [0.25, 0.3) is 11.0 Å². The predicted molar refractivity (Wildman–Crippen MR) is 144 cm³/mol. The third-order valence-corrected chi connectivity index (χ3v) is 7.81. The van der Waals surface area contributed by atoms with Gasteiger partial charge in [0.2, 0.25) is 5.91 Å². The molecule has 0 spiro atoms. The third-order valence-electron chi connectivity index (χ3n) is 7.81. The van der Waals surface area contributed by atoms with Gasteiger partial charge in [0.25, 0.3) is 5.56 Å². The van der Waals surface area contributed by atoms with Crippen molar-refractivity contribution in [1.29, 1.82) is 0 Å². The monoisotopic (exact) mass is 487 g/mol. The molecular weight excluding hydrogens is 450 g/mol. The van der Waals surface area contributed by atoms with E-state index in [-0.39, 0.29) is 17.4 Å². The molecule has 5 rings (SSSR count). The molecule has 3 heterocycles. The van der Waals surface area contributed by atoms with Gasteiger partial charge in [0.05, 0.1) is 23.5 Å². The number of rotatable bonds is 7. The smallest absolute Gasteiger partial charge is 0.294 e. The molecule has 2 aromatic carbocycles. The molecule has 0 saturated carbocycles.